The molecule has 51 heavy (non-hydrogen) atoms. The number of alkyl halides is 4. The lowest BCUT2D eigenvalue weighted by molar-refractivity contribution is -0.137. The summed E-state index contributed by atoms with van der Waals surface area (Å²) in [4.78, 5) is 12.3. The molecule has 0 amide bonds. The molecule has 4 aromatic rings. The highest BCUT2D eigenvalue weighted by Crippen LogP contribution is 2.48. The molecule has 0 radical (unpaired) electrons. The molecule has 2 aromatic carbocycles. The van der Waals surface area contributed by atoms with Crippen molar-refractivity contribution in [3.8, 4) is 23.2 Å². The van der Waals surface area contributed by atoms with E-state index in [4.69, 9.17) is 4.74 Å². The van der Waals surface area contributed by atoms with Crippen molar-refractivity contribution in [2.45, 2.75) is 68.5 Å². The van der Waals surface area contributed by atoms with Gasteiger partial charge in [-0.2, -0.15) is 42.3 Å². The van der Waals surface area contributed by atoms with E-state index in [2.05, 4.69) is 25.5 Å². The lowest BCUT2D eigenvalue weighted by Gasteiger charge is -2.40. The third-order valence-corrected chi connectivity index (χ3v) is 10.8. The van der Waals surface area contributed by atoms with Crippen molar-refractivity contribution in [3.63, 3.8) is 0 Å². The van der Waals surface area contributed by atoms with Crippen molar-refractivity contribution in [1.29, 1.82) is 5.26 Å². The molecule has 0 aliphatic carbocycles. The Hall–Kier alpha value is -4.56. The van der Waals surface area contributed by atoms with Crippen molar-refractivity contribution in [1.82, 2.24) is 30.4 Å². The average molecular weight is 719 g/mol. The van der Waals surface area contributed by atoms with E-state index in [1.54, 1.807) is 11.0 Å². The van der Waals surface area contributed by atoms with Crippen LogP contribution in [0.3, 0.4) is 0 Å². The number of piperazine rings is 1. The highest BCUT2D eigenvalue weighted by molar-refractivity contribution is 6.03. The first-order chi connectivity index (χ1) is 24.2. The molecule has 4 aliphatic rings. The number of halogens is 8. The molecular formula is C34H30F8N8O. The van der Waals surface area contributed by atoms with Crippen molar-refractivity contribution < 1.29 is 39.9 Å². The summed E-state index contributed by atoms with van der Waals surface area (Å²) in [5.74, 6) is -2.94. The fourth-order valence-electron chi connectivity index (χ4n) is 8.81. The Morgan fingerprint density at radius 3 is 2.71 bits per heavy atom. The van der Waals surface area contributed by atoms with E-state index in [9.17, 15) is 31.6 Å². The summed E-state index contributed by atoms with van der Waals surface area (Å²) in [6.45, 7) is 2.06. The number of nitriles is 1. The second kappa shape index (κ2) is 11.7. The lowest BCUT2D eigenvalue weighted by Crippen LogP contribution is -2.59. The molecule has 2 N–H and O–H groups in total. The molecule has 0 saturated carbocycles. The largest absolute Gasteiger partial charge is 0.461 e. The van der Waals surface area contributed by atoms with E-state index in [0.29, 0.717) is 25.8 Å². The first-order valence-electron chi connectivity index (χ1n) is 16.5. The maximum atomic E-state index is 17.1. The number of ether oxygens (including phenoxy) is 1. The highest BCUT2D eigenvalue weighted by atomic mass is 19.4. The molecule has 4 saturated heterocycles. The summed E-state index contributed by atoms with van der Waals surface area (Å²) in [6, 6.07) is 2.92. The molecule has 4 fully saturated rings. The number of nitrogens with zero attached hydrogens (tertiary/aromatic N) is 6. The van der Waals surface area contributed by atoms with Crippen LogP contribution in [0.2, 0.25) is 0 Å². The van der Waals surface area contributed by atoms with Gasteiger partial charge in [0, 0.05) is 54.5 Å². The first kappa shape index (κ1) is 33.6. The minimum atomic E-state index is -5.10. The standard InChI is InChI=1S/C34H30F8N8O/c1-16-7-21-25(22(11-43)48-47-21)26(27(16)34(40,41)42)24-20(36)8-19-29(28(24)39)44-31(51-15-33-4-2-6-50(33)12-17(35)9-33)45-30(19)49-13-18-3-5-32(14-49,46-18)10-23(37)38/h7-8,10,17-18,46H,2-6,9,12-15H2,1H3,(H,47,48)/t17-,18-,32-,33+/m1/s1. The number of rotatable bonds is 6. The maximum Gasteiger partial charge on any atom is 0.417 e. The predicted molar refractivity (Wildman–Crippen MR) is 169 cm³/mol. The van der Waals surface area contributed by atoms with Gasteiger partial charge in [0.1, 0.15) is 36.0 Å². The Bertz CT molecular complexity index is 2160. The molecule has 2 bridgehead atoms. The van der Waals surface area contributed by atoms with Gasteiger partial charge in [0.15, 0.2) is 11.5 Å². The van der Waals surface area contributed by atoms with Crippen LogP contribution in [0.5, 0.6) is 6.01 Å². The summed E-state index contributed by atoms with van der Waals surface area (Å²) in [6.07, 6.45) is -4.81. The zero-order chi connectivity index (χ0) is 36.0. The number of hydrogen-bond donors (Lipinski definition) is 2. The first-order valence-corrected chi connectivity index (χ1v) is 16.5. The van der Waals surface area contributed by atoms with E-state index in [-0.39, 0.29) is 61.0 Å². The Morgan fingerprint density at radius 1 is 1.16 bits per heavy atom. The molecule has 9 nitrogen and oxygen atoms in total. The summed E-state index contributed by atoms with van der Waals surface area (Å²) in [5.41, 5.74) is -6.73. The molecule has 2 aromatic heterocycles. The molecular weight excluding hydrogens is 688 g/mol. The monoisotopic (exact) mass is 718 g/mol. The molecule has 4 aliphatic heterocycles. The van der Waals surface area contributed by atoms with Crippen molar-refractivity contribution in [3.05, 3.63) is 52.7 Å². The maximum absolute atomic E-state index is 17.1. The fraction of sp³-hybridized carbons (Fsp3) is 0.471. The fourth-order valence-corrected chi connectivity index (χ4v) is 8.81. The van der Waals surface area contributed by atoms with Gasteiger partial charge in [0.2, 0.25) is 0 Å². The summed E-state index contributed by atoms with van der Waals surface area (Å²) in [5, 5.41) is 18.5. The number of benzene rings is 2. The molecule has 6 heterocycles. The van der Waals surface area contributed by atoms with Gasteiger partial charge in [0.25, 0.3) is 6.08 Å². The smallest absolute Gasteiger partial charge is 0.417 e. The number of aromatic nitrogens is 4. The quantitative estimate of drug-likeness (QED) is 0.213. The summed E-state index contributed by atoms with van der Waals surface area (Å²) < 4.78 is 125. The van der Waals surface area contributed by atoms with Crippen LogP contribution in [-0.2, 0) is 6.18 Å². The number of hydrogen-bond acceptors (Lipinski definition) is 8. The van der Waals surface area contributed by atoms with Crippen LogP contribution in [0.1, 0.15) is 48.9 Å². The second-order valence-corrected chi connectivity index (χ2v) is 14.0. The molecule has 17 heteroatoms. The third kappa shape index (κ3) is 5.45. The molecule has 268 valence electrons. The van der Waals surface area contributed by atoms with E-state index in [0.717, 1.165) is 31.6 Å². The van der Waals surface area contributed by atoms with Gasteiger partial charge in [-0.15, -0.1) is 0 Å². The third-order valence-electron chi connectivity index (χ3n) is 10.8. The van der Waals surface area contributed by atoms with Gasteiger partial charge in [-0.05, 0) is 56.8 Å². The van der Waals surface area contributed by atoms with Crippen LogP contribution in [-0.4, -0.2) is 81.1 Å². The van der Waals surface area contributed by atoms with E-state index in [1.165, 1.54) is 0 Å². The number of nitrogens with one attached hydrogen (secondary N) is 2. The van der Waals surface area contributed by atoms with E-state index >= 15 is 8.78 Å². The minimum Gasteiger partial charge on any atom is -0.461 e. The normalized spacial score (nSPS) is 26.2. The number of H-pyrrole nitrogens is 1. The van der Waals surface area contributed by atoms with Crippen molar-refractivity contribution in [2.75, 3.05) is 37.7 Å². The number of aryl methyl sites for hydroxylation is 1. The molecule has 0 spiro atoms. The van der Waals surface area contributed by atoms with E-state index in [1.807, 2.05) is 4.90 Å². The van der Waals surface area contributed by atoms with Gasteiger partial charge in [-0.3, -0.25) is 10.00 Å². The van der Waals surface area contributed by atoms with Crippen molar-refractivity contribution >= 4 is 27.6 Å². The average Bonchev–Trinajstić information content (AvgIpc) is 3.79. The number of fused-ring (bicyclic) bond motifs is 5. The van der Waals surface area contributed by atoms with Crippen LogP contribution in [0, 0.1) is 29.9 Å². The van der Waals surface area contributed by atoms with E-state index < -0.39 is 80.4 Å². The van der Waals surface area contributed by atoms with Gasteiger partial charge in [-0.25, -0.2) is 13.2 Å². The van der Waals surface area contributed by atoms with Gasteiger partial charge in [0.05, 0.1) is 27.7 Å². The lowest BCUT2D eigenvalue weighted by atomic mass is 9.89. The Morgan fingerprint density at radius 2 is 1.96 bits per heavy atom. The Kier molecular flexibility index (Phi) is 7.73. The van der Waals surface area contributed by atoms with Crippen LogP contribution in [0.15, 0.2) is 24.3 Å². The zero-order valence-electron chi connectivity index (χ0n) is 27.1. The van der Waals surface area contributed by atoms with Crippen LogP contribution in [0.4, 0.5) is 40.9 Å². The van der Waals surface area contributed by atoms with Crippen LogP contribution >= 0.6 is 0 Å². The Labute approximate surface area is 285 Å². The second-order valence-electron chi connectivity index (χ2n) is 14.0. The summed E-state index contributed by atoms with van der Waals surface area (Å²) >= 11 is 0. The van der Waals surface area contributed by atoms with Gasteiger partial charge >= 0.3 is 12.2 Å². The minimum absolute atomic E-state index is 0.0452. The van der Waals surface area contributed by atoms with Crippen molar-refractivity contribution in [2.24, 2.45) is 0 Å². The van der Waals surface area contributed by atoms with Crippen LogP contribution in [0.25, 0.3) is 32.9 Å². The molecule has 4 atom stereocenters. The zero-order valence-corrected chi connectivity index (χ0v) is 27.1. The van der Waals surface area contributed by atoms with Gasteiger partial charge in [-0.1, -0.05) is 0 Å². The number of aromatic amines is 1. The number of anilines is 1. The predicted octanol–water partition coefficient (Wildman–Crippen LogP) is 6.70. The highest BCUT2D eigenvalue weighted by Gasteiger charge is 2.50. The Balaban J connectivity index is 1.34. The van der Waals surface area contributed by atoms with Crippen LogP contribution < -0.4 is 15.0 Å². The SMILES string of the molecule is Cc1cc2[nH]nc(C#N)c2c(-c2c(F)cc3c(N4C[C@H]5CC[C@@](C=C(F)F)(C4)N5)nc(OC[C@@]45CCCN4C[C@H](F)C5)nc3c2F)c1C(F)(F)F. The van der Waals surface area contributed by atoms with Gasteiger partial charge < -0.3 is 15.0 Å². The molecule has 0 unspecified atom stereocenters. The molecule has 8 rings (SSSR count). The topological polar surface area (TPSA) is 106 Å². The summed E-state index contributed by atoms with van der Waals surface area (Å²) in [7, 11) is 0.